The number of nitrogen functional groups attached to an aromatic ring is 1. The molecule has 3 N–H and O–H groups in total. The van der Waals surface area contributed by atoms with Crippen molar-refractivity contribution in [3.63, 3.8) is 0 Å². The van der Waals surface area contributed by atoms with Crippen molar-refractivity contribution in [3.8, 4) is 0 Å². The minimum absolute atomic E-state index is 0.879. The van der Waals surface area contributed by atoms with E-state index in [0.717, 1.165) is 12.2 Å². The average Bonchev–Trinajstić information content (AvgIpc) is 2.53. The zero-order valence-electron chi connectivity index (χ0n) is 9.40. The number of hydrogen-bond donors (Lipinski definition) is 2. The highest BCUT2D eigenvalue weighted by Crippen LogP contribution is 2.20. The van der Waals surface area contributed by atoms with E-state index < -0.39 is 0 Å². The highest BCUT2D eigenvalue weighted by molar-refractivity contribution is 5.46. The summed E-state index contributed by atoms with van der Waals surface area (Å²) in [5.74, 6) is 0.879. The summed E-state index contributed by atoms with van der Waals surface area (Å²) in [7, 11) is 0. The fourth-order valence-electron chi connectivity index (χ4n) is 1.75. The molecule has 14 heavy (non-hydrogen) atoms. The molecule has 0 aliphatic carbocycles. The van der Waals surface area contributed by atoms with Gasteiger partial charge in [-0.2, -0.15) is 0 Å². The lowest BCUT2D eigenvalue weighted by atomic mass is 10.0. The summed E-state index contributed by atoms with van der Waals surface area (Å²) < 4.78 is 0. The van der Waals surface area contributed by atoms with Crippen LogP contribution in [0.3, 0.4) is 0 Å². The van der Waals surface area contributed by atoms with E-state index in [2.05, 4.69) is 25.0 Å². The Morgan fingerprint density at radius 3 is 2.43 bits per heavy atom. The zero-order chi connectivity index (χ0) is 10.4. The average molecular weight is 194 g/mol. The van der Waals surface area contributed by atoms with E-state index in [1.54, 1.807) is 0 Å². The Morgan fingerprint density at radius 1 is 1.14 bits per heavy atom. The first-order chi connectivity index (χ1) is 6.79. The number of aryl methyl sites for hydroxylation is 1. The van der Waals surface area contributed by atoms with E-state index >= 15 is 0 Å². The van der Waals surface area contributed by atoms with Gasteiger partial charge >= 0.3 is 0 Å². The number of rotatable bonds is 6. The van der Waals surface area contributed by atoms with Gasteiger partial charge in [-0.1, -0.05) is 26.7 Å². The smallest absolute Gasteiger partial charge is 0.104 e. The predicted octanol–water partition coefficient (Wildman–Crippen LogP) is 3.28. The maximum Gasteiger partial charge on any atom is 0.104 e. The number of anilines is 1. The fraction of sp³-hybridized carbons (Fsp3) is 0.667. The Kier molecular flexibility index (Phi) is 4.57. The van der Waals surface area contributed by atoms with Gasteiger partial charge in [0.15, 0.2) is 0 Å². The van der Waals surface area contributed by atoms with Crippen molar-refractivity contribution in [3.05, 3.63) is 17.3 Å². The van der Waals surface area contributed by atoms with Crippen molar-refractivity contribution >= 4 is 5.82 Å². The third-order valence-corrected chi connectivity index (χ3v) is 2.69. The minimum Gasteiger partial charge on any atom is -0.385 e. The van der Waals surface area contributed by atoms with E-state index in [0.29, 0.717) is 0 Å². The lowest BCUT2D eigenvalue weighted by Crippen LogP contribution is -1.95. The van der Waals surface area contributed by atoms with E-state index in [-0.39, 0.29) is 0 Å². The van der Waals surface area contributed by atoms with Crippen LogP contribution in [0.5, 0.6) is 0 Å². The van der Waals surface area contributed by atoms with Crippen LogP contribution in [0.25, 0.3) is 0 Å². The van der Waals surface area contributed by atoms with Crippen molar-refractivity contribution < 1.29 is 0 Å². The molecule has 0 radical (unpaired) electrons. The first kappa shape index (κ1) is 11.2. The van der Waals surface area contributed by atoms with Gasteiger partial charge in [-0.25, -0.2) is 0 Å². The van der Waals surface area contributed by atoms with Crippen LogP contribution < -0.4 is 5.73 Å². The molecule has 0 aliphatic rings. The van der Waals surface area contributed by atoms with Gasteiger partial charge < -0.3 is 10.7 Å². The highest BCUT2D eigenvalue weighted by Gasteiger charge is 2.07. The molecule has 0 bridgehead atoms. The van der Waals surface area contributed by atoms with E-state index in [1.807, 2.05) is 0 Å². The predicted molar refractivity (Wildman–Crippen MR) is 62.4 cm³/mol. The van der Waals surface area contributed by atoms with Gasteiger partial charge in [0.2, 0.25) is 0 Å². The Morgan fingerprint density at radius 2 is 1.79 bits per heavy atom. The van der Waals surface area contributed by atoms with Gasteiger partial charge in [0.05, 0.1) is 0 Å². The highest BCUT2D eigenvalue weighted by atomic mass is 14.8. The van der Waals surface area contributed by atoms with Crippen LogP contribution in [0.4, 0.5) is 5.82 Å². The second-order valence-corrected chi connectivity index (χ2v) is 3.91. The molecular formula is C12H22N2. The van der Waals surface area contributed by atoms with Crippen molar-refractivity contribution in [1.82, 2.24) is 4.98 Å². The third-order valence-electron chi connectivity index (χ3n) is 2.69. The molecule has 0 fully saturated rings. The van der Waals surface area contributed by atoms with Crippen LogP contribution in [-0.2, 0) is 12.8 Å². The number of aromatic amines is 1. The number of nitrogens with two attached hydrogens (primary N) is 1. The molecule has 80 valence electrons. The molecule has 1 aromatic rings. The van der Waals surface area contributed by atoms with Gasteiger partial charge in [-0.15, -0.1) is 0 Å². The molecule has 0 amide bonds. The third kappa shape index (κ3) is 2.79. The van der Waals surface area contributed by atoms with Crippen molar-refractivity contribution in [2.75, 3.05) is 5.73 Å². The van der Waals surface area contributed by atoms with E-state index in [4.69, 9.17) is 5.73 Å². The van der Waals surface area contributed by atoms with Crippen molar-refractivity contribution in [2.24, 2.45) is 0 Å². The van der Waals surface area contributed by atoms with Gasteiger partial charge in [0.1, 0.15) is 5.82 Å². The SMILES string of the molecule is CCCCc1c[nH]c(N)c1CCCC. The summed E-state index contributed by atoms with van der Waals surface area (Å²) in [4.78, 5) is 3.13. The fourth-order valence-corrected chi connectivity index (χ4v) is 1.75. The van der Waals surface area contributed by atoms with Crippen LogP contribution in [0, 0.1) is 0 Å². The quantitative estimate of drug-likeness (QED) is 0.717. The second-order valence-electron chi connectivity index (χ2n) is 3.91. The summed E-state index contributed by atoms with van der Waals surface area (Å²) in [6.07, 6.45) is 9.36. The molecule has 2 heteroatoms. The normalized spacial score (nSPS) is 10.7. The van der Waals surface area contributed by atoms with Crippen LogP contribution in [0.1, 0.15) is 50.7 Å². The van der Waals surface area contributed by atoms with Gasteiger partial charge in [0, 0.05) is 6.20 Å². The van der Waals surface area contributed by atoms with Gasteiger partial charge in [-0.3, -0.25) is 0 Å². The molecule has 0 saturated carbocycles. The largest absolute Gasteiger partial charge is 0.385 e. The molecule has 0 saturated heterocycles. The summed E-state index contributed by atoms with van der Waals surface area (Å²) in [6.45, 7) is 4.44. The maximum atomic E-state index is 5.90. The van der Waals surface area contributed by atoms with Crippen molar-refractivity contribution in [2.45, 2.75) is 52.4 Å². The molecule has 1 aromatic heterocycles. The van der Waals surface area contributed by atoms with Crippen LogP contribution >= 0.6 is 0 Å². The Bertz CT molecular complexity index is 263. The Balaban J connectivity index is 2.62. The lowest BCUT2D eigenvalue weighted by Gasteiger charge is -2.03. The summed E-state index contributed by atoms with van der Waals surface area (Å²) in [5.41, 5.74) is 8.69. The number of nitrogens with one attached hydrogen (secondary N) is 1. The van der Waals surface area contributed by atoms with Crippen molar-refractivity contribution in [1.29, 1.82) is 0 Å². The van der Waals surface area contributed by atoms with Gasteiger partial charge in [0.25, 0.3) is 0 Å². The summed E-state index contributed by atoms with van der Waals surface area (Å²) in [5, 5.41) is 0. The molecule has 0 spiro atoms. The molecule has 2 nitrogen and oxygen atoms in total. The number of unbranched alkanes of at least 4 members (excludes halogenated alkanes) is 2. The first-order valence-electron chi connectivity index (χ1n) is 5.74. The van der Waals surface area contributed by atoms with Gasteiger partial charge in [-0.05, 0) is 36.8 Å². The number of H-pyrrole nitrogens is 1. The van der Waals surface area contributed by atoms with Crippen LogP contribution in [0.15, 0.2) is 6.20 Å². The number of aromatic nitrogens is 1. The molecule has 1 heterocycles. The molecule has 1 rings (SSSR count). The minimum atomic E-state index is 0.879. The molecule has 0 aromatic carbocycles. The first-order valence-corrected chi connectivity index (χ1v) is 5.74. The summed E-state index contributed by atoms with van der Waals surface area (Å²) >= 11 is 0. The Hall–Kier alpha value is -0.920. The monoisotopic (exact) mass is 194 g/mol. The zero-order valence-corrected chi connectivity index (χ0v) is 9.40. The van der Waals surface area contributed by atoms with E-state index in [9.17, 15) is 0 Å². The molecule has 0 atom stereocenters. The van der Waals surface area contributed by atoms with Crippen LogP contribution in [0.2, 0.25) is 0 Å². The molecular weight excluding hydrogens is 172 g/mol. The molecule has 0 aliphatic heterocycles. The summed E-state index contributed by atoms with van der Waals surface area (Å²) in [6, 6.07) is 0. The van der Waals surface area contributed by atoms with E-state index in [1.165, 1.54) is 43.2 Å². The number of hydrogen-bond acceptors (Lipinski definition) is 1. The Labute approximate surface area is 86.9 Å². The second kappa shape index (κ2) is 5.74. The standard InChI is InChI=1S/C12H22N2/c1-3-5-7-10-9-14-12(13)11(10)8-6-4-2/h9,14H,3-8,13H2,1-2H3. The maximum absolute atomic E-state index is 5.90. The topological polar surface area (TPSA) is 41.8 Å². The van der Waals surface area contributed by atoms with Crippen LogP contribution in [-0.4, -0.2) is 4.98 Å². The molecule has 0 unspecified atom stereocenters. The lowest BCUT2D eigenvalue weighted by molar-refractivity contribution is 0.763.